The first-order chi connectivity index (χ1) is 9.42. The fourth-order valence-corrected chi connectivity index (χ4v) is 3.93. The maximum absolute atomic E-state index is 12.1. The van der Waals surface area contributed by atoms with E-state index in [9.17, 15) is 9.59 Å². The SMILES string of the molecule is CC(C(=O)O)C(C)C(=O)NCC12CC1COC21CCC1. The number of hydrogen-bond donors (Lipinski definition) is 2. The summed E-state index contributed by atoms with van der Waals surface area (Å²) < 4.78 is 5.97. The molecule has 1 saturated heterocycles. The molecule has 2 saturated carbocycles. The van der Waals surface area contributed by atoms with Crippen LogP contribution in [0.15, 0.2) is 0 Å². The molecule has 1 amide bonds. The molecule has 20 heavy (non-hydrogen) atoms. The number of rotatable bonds is 5. The van der Waals surface area contributed by atoms with Crippen molar-refractivity contribution in [3.8, 4) is 0 Å². The van der Waals surface area contributed by atoms with Crippen LogP contribution in [0.1, 0.15) is 39.5 Å². The Balaban J connectivity index is 1.58. The zero-order chi connectivity index (χ0) is 14.5. The third kappa shape index (κ3) is 1.79. The first kappa shape index (κ1) is 13.9. The van der Waals surface area contributed by atoms with Crippen LogP contribution in [0.2, 0.25) is 0 Å². The lowest BCUT2D eigenvalue weighted by Gasteiger charge is -2.45. The van der Waals surface area contributed by atoms with E-state index in [1.807, 2.05) is 0 Å². The first-order valence-corrected chi connectivity index (χ1v) is 7.56. The summed E-state index contributed by atoms with van der Waals surface area (Å²) in [5, 5.41) is 12.0. The number of carboxylic acids is 1. The standard InChI is InChI=1S/C15H23NO4/c1-9(10(2)13(18)19)12(17)16-8-14-6-11(14)7-20-15(14)4-3-5-15/h9-11H,3-8H2,1-2H3,(H,16,17)(H,18,19). The van der Waals surface area contributed by atoms with E-state index >= 15 is 0 Å². The molecule has 2 N–H and O–H groups in total. The van der Waals surface area contributed by atoms with Crippen molar-refractivity contribution < 1.29 is 19.4 Å². The van der Waals surface area contributed by atoms with Gasteiger partial charge in [0.2, 0.25) is 5.91 Å². The summed E-state index contributed by atoms with van der Waals surface area (Å²) >= 11 is 0. The average Bonchev–Trinajstić information content (AvgIpc) is 2.99. The van der Waals surface area contributed by atoms with Crippen molar-refractivity contribution in [1.29, 1.82) is 0 Å². The molecule has 0 aromatic rings. The lowest BCUT2D eigenvalue weighted by molar-refractivity contribution is -0.146. The Bertz CT molecular complexity index is 445. The number of aliphatic carboxylic acids is 1. The number of fused-ring (bicyclic) bond motifs is 2. The molecule has 0 radical (unpaired) electrons. The highest BCUT2D eigenvalue weighted by Crippen LogP contribution is 2.70. The van der Waals surface area contributed by atoms with Gasteiger partial charge in [0.25, 0.3) is 0 Å². The molecule has 1 heterocycles. The maximum atomic E-state index is 12.1. The normalized spacial score (nSPS) is 35.8. The van der Waals surface area contributed by atoms with Gasteiger partial charge in [0.15, 0.2) is 0 Å². The Hall–Kier alpha value is -1.10. The Morgan fingerprint density at radius 1 is 1.35 bits per heavy atom. The van der Waals surface area contributed by atoms with Crippen molar-refractivity contribution >= 4 is 11.9 Å². The monoisotopic (exact) mass is 281 g/mol. The minimum atomic E-state index is -0.922. The Labute approximate surface area is 119 Å². The third-order valence-corrected chi connectivity index (χ3v) is 5.99. The van der Waals surface area contributed by atoms with Gasteiger partial charge in [0.05, 0.1) is 18.1 Å². The summed E-state index contributed by atoms with van der Waals surface area (Å²) in [6.07, 6.45) is 4.59. The van der Waals surface area contributed by atoms with Gasteiger partial charge in [-0.3, -0.25) is 9.59 Å². The van der Waals surface area contributed by atoms with E-state index in [1.54, 1.807) is 13.8 Å². The number of carbonyl (C=O) groups excluding carboxylic acids is 1. The van der Waals surface area contributed by atoms with Crippen molar-refractivity contribution in [3.05, 3.63) is 0 Å². The molecule has 4 unspecified atom stereocenters. The Kier molecular flexibility index (Phi) is 3.08. The van der Waals surface area contributed by atoms with Crippen LogP contribution in [0.3, 0.4) is 0 Å². The van der Waals surface area contributed by atoms with Crippen molar-refractivity contribution in [2.45, 2.75) is 45.1 Å². The highest BCUT2D eigenvalue weighted by Gasteiger charge is 2.73. The molecular weight excluding hydrogens is 258 g/mol. The lowest BCUT2D eigenvalue weighted by Crippen LogP contribution is -2.51. The first-order valence-electron chi connectivity index (χ1n) is 7.56. The number of amides is 1. The van der Waals surface area contributed by atoms with Gasteiger partial charge >= 0.3 is 5.97 Å². The van der Waals surface area contributed by atoms with Gasteiger partial charge < -0.3 is 15.2 Å². The molecule has 5 nitrogen and oxygen atoms in total. The van der Waals surface area contributed by atoms with Gasteiger partial charge in [0.1, 0.15) is 0 Å². The van der Waals surface area contributed by atoms with E-state index in [-0.39, 0.29) is 16.9 Å². The van der Waals surface area contributed by atoms with E-state index in [0.717, 1.165) is 25.9 Å². The van der Waals surface area contributed by atoms with E-state index < -0.39 is 17.8 Å². The van der Waals surface area contributed by atoms with E-state index in [2.05, 4.69) is 5.32 Å². The zero-order valence-electron chi connectivity index (χ0n) is 12.1. The second-order valence-corrected chi connectivity index (χ2v) is 6.85. The molecule has 0 aromatic heterocycles. The van der Waals surface area contributed by atoms with Crippen LogP contribution in [0, 0.1) is 23.2 Å². The molecule has 1 spiro atoms. The minimum Gasteiger partial charge on any atom is -0.481 e. The molecular formula is C15H23NO4. The topological polar surface area (TPSA) is 75.6 Å². The summed E-state index contributed by atoms with van der Waals surface area (Å²) in [7, 11) is 0. The number of nitrogens with one attached hydrogen (secondary N) is 1. The number of hydrogen-bond acceptors (Lipinski definition) is 3. The van der Waals surface area contributed by atoms with Crippen LogP contribution < -0.4 is 5.32 Å². The third-order valence-electron chi connectivity index (χ3n) is 5.99. The smallest absolute Gasteiger partial charge is 0.307 e. The molecule has 0 bridgehead atoms. The van der Waals surface area contributed by atoms with Crippen molar-refractivity contribution in [2.75, 3.05) is 13.2 Å². The second kappa shape index (κ2) is 4.45. The summed E-state index contributed by atoms with van der Waals surface area (Å²) in [5.41, 5.74) is 0.166. The summed E-state index contributed by atoms with van der Waals surface area (Å²) in [4.78, 5) is 23.0. The van der Waals surface area contributed by atoms with Crippen LogP contribution in [-0.2, 0) is 14.3 Å². The van der Waals surface area contributed by atoms with Crippen LogP contribution in [0.4, 0.5) is 0 Å². The second-order valence-electron chi connectivity index (χ2n) is 6.85. The van der Waals surface area contributed by atoms with E-state index in [4.69, 9.17) is 9.84 Å². The fraction of sp³-hybridized carbons (Fsp3) is 0.867. The van der Waals surface area contributed by atoms with Crippen molar-refractivity contribution in [1.82, 2.24) is 5.32 Å². The lowest BCUT2D eigenvalue weighted by atomic mass is 9.68. The largest absolute Gasteiger partial charge is 0.481 e. The van der Waals surface area contributed by atoms with Crippen molar-refractivity contribution in [3.63, 3.8) is 0 Å². The Morgan fingerprint density at radius 3 is 2.55 bits per heavy atom. The molecule has 3 fully saturated rings. The van der Waals surface area contributed by atoms with Gasteiger partial charge in [-0.25, -0.2) is 0 Å². The van der Waals surface area contributed by atoms with E-state index in [1.165, 1.54) is 6.42 Å². The number of carboxylic acid groups (broad SMARTS) is 1. The quantitative estimate of drug-likeness (QED) is 0.799. The Morgan fingerprint density at radius 2 is 2.05 bits per heavy atom. The molecule has 0 aromatic carbocycles. The van der Waals surface area contributed by atoms with Gasteiger partial charge in [0, 0.05) is 17.9 Å². The van der Waals surface area contributed by atoms with Crippen LogP contribution in [-0.4, -0.2) is 35.7 Å². The van der Waals surface area contributed by atoms with Crippen LogP contribution in [0.25, 0.3) is 0 Å². The van der Waals surface area contributed by atoms with Gasteiger partial charge in [-0.05, 0) is 31.6 Å². The van der Waals surface area contributed by atoms with Gasteiger partial charge in [-0.1, -0.05) is 13.8 Å². The van der Waals surface area contributed by atoms with Crippen LogP contribution in [0.5, 0.6) is 0 Å². The maximum Gasteiger partial charge on any atom is 0.307 e. The predicted molar refractivity (Wildman–Crippen MR) is 72.0 cm³/mol. The molecule has 3 rings (SSSR count). The van der Waals surface area contributed by atoms with E-state index in [0.29, 0.717) is 12.5 Å². The molecule has 3 aliphatic rings. The fourth-order valence-electron chi connectivity index (χ4n) is 3.93. The minimum absolute atomic E-state index is 0.0204. The van der Waals surface area contributed by atoms with Gasteiger partial charge in [-0.2, -0.15) is 0 Å². The molecule has 1 aliphatic heterocycles. The number of ether oxygens (including phenoxy) is 1. The number of carbonyl (C=O) groups is 2. The molecule has 4 atom stereocenters. The zero-order valence-corrected chi connectivity index (χ0v) is 12.1. The average molecular weight is 281 g/mol. The predicted octanol–water partition coefficient (Wildman–Crippen LogP) is 1.42. The highest BCUT2D eigenvalue weighted by molar-refractivity contribution is 5.84. The van der Waals surface area contributed by atoms with Crippen LogP contribution >= 0.6 is 0 Å². The molecule has 5 heteroatoms. The van der Waals surface area contributed by atoms with Crippen molar-refractivity contribution in [2.24, 2.45) is 23.2 Å². The summed E-state index contributed by atoms with van der Waals surface area (Å²) in [6.45, 7) is 4.74. The summed E-state index contributed by atoms with van der Waals surface area (Å²) in [6, 6.07) is 0. The summed E-state index contributed by atoms with van der Waals surface area (Å²) in [5.74, 6) is -1.63. The van der Waals surface area contributed by atoms with Gasteiger partial charge in [-0.15, -0.1) is 0 Å². The molecule has 112 valence electrons. The molecule has 2 aliphatic carbocycles. The highest BCUT2D eigenvalue weighted by atomic mass is 16.5.